The van der Waals surface area contributed by atoms with Gasteiger partial charge in [0.25, 0.3) is 0 Å². The first kappa shape index (κ1) is 15.7. The molecule has 2 atom stereocenters. The molecule has 0 amide bonds. The summed E-state index contributed by atoms with van der Waals surface area (Å²) in [4.78, 5) is 0. The predicted molar refractivity (Wildman–Crippen MR) is 69.4 cm³/mol. The van der Waals surface area contributed by atoms with Crippen LogP contribution in [-0.2, 0) is 9.47 Å². The van der Waals surface area contributed by atoms with Crippen LogP contribution >= 0.6 is 0 Å². The highest BCUT2D eigenvalue weighted by atomic mass is 16.7. The van der Waals surface area contributed by atoms with Crippen molar-refractivity contribution >= 4 is 0 Å². The lowest BCUT2D eigenvalue weighted by Crippen LogP contribution is -2.36. The minimum Gasteiger partial charge on any atom is -0.359 e. The summed E-state index contributed by atoms with van der Waals surface area (Å²) in [7, 11) is 1.66. The zero-order valence-electron chi connectivity index (χ0n) is 11.6. The fraction of sp³-hybridized carbons (Fsp3) is 0.857. The molecule has 0 aliphatic carbocycles. The lowest BCUT2D eigenvalue weighted by atomic mass is 9.79. The molecule has 0 saturated heterocycles. The molecule has 96 valence electrons. The summed E-state index contributed by atoms with van der Waals surface area (Å²) in [6.07, 6.45) is 5.79. The molecule has 0 aromatic rings. The van der Waals surface area contributed by atoms with Crippen LogP contribution in [0.25, 0.3) is 0 Å². The van der Waals surface area contributed by atoms with Gasteiger partial charge in [0, 0.05) is 13.0 Å². The van der Waals surface area contributed by atoms with E-state index in [1.807, 2.05) is 6.08 Å². The molecule has 0 saturated carbocycles. The summed E-state index contributed by atoms with van der Waals surface area (Å²) in [5.74, 6) is 0.412. The zero-order chi connectivity index (χ0) is 12.6. The van der Waals surface area contributed by atoms with Crippen LogP contribution < -0.4 is 0 Å². The third kappa shape index (κ3) is 5.66. The van der Waals surface area contributed by atoms with Crippen LogP contribution in [-0.4, -0.2) is 20.0 Å². The Labute approximate surface area is 101 Å². The van der Waals surface area contributed by atoms with Gasteiger partial charge >= 0.3 is 0 Å². The molecule has 2 heteroatoms. The van der Waals surface area contributed by atoms with Crippen molar-refractivity contribution in [3.05, 3.63) is 12.7 Å². The van der Waals surface area contributed by atoms with E-state index < -0.39 is 0 Å². The third-order valence-electron chi connectivity index (χ3n) is 2.80. The van der Waals surface area contributed by atoms with Crippen molar-refractivity contribution in [2.75, 3.05) is 13.9 Å². The summed E-state index contributed by atoms with van der Waals surface area (Å²) in [5, 5.41) is 0. The standard InChI is InChI=1S/C14H28O2/c1-7-9-10-12(8-2)13(14(3,4)5)16-11-15-6/h8,12-13H,2,7,9-11H2,1,3-6H3/t12-,13-/m0/s1. The minimum absolute atomic E-state index is 0.116. The van der Waals surface area contributed by atoms with Crippen LogP contribution in [0.2, 0.25) is 0 Å². The quantitative estimate of drug-likeness (QED) is 0.461. The van der Waals surface area contributed by atoms with E-state index in [1.54, 1.807) is 7.11 Å². The van der Waals surface area contributed by atoms with Crippen molar-refractivity contribution < 1.29 is 9.47 Å². The first-order valence-corrected chi connectivity index (χ1v) is 6.20. The fourth-order valence-corrected chi connectivity index (χ4v) is 1.99. The average molecular weight is 228 g/mol. The van der Waals surface area contributed by atoms with Gasteiger partial charge in [0.1, 0.15) is 6.79 Å². The molecule has 0 radical (unpaired) electrons. The molecule has 2 nitrogen and oxygen atoms in total. The van der Waals surface area contributed by atoms with E-state index in [0.29, 0.717) is 12.7 Å². The molecule has 0 heterocycles. The molecule has 0 N–H and O–H groups in total. The van der Waals surface area contributed by atoms with Crippen LogP contribution in [0.15, 0.2) is 12.7 Å². The Morgan fingerprint density at radius 2 is 1.94 bits per heavy atom. The van der Waals surface area contributed by atoms with Gasteiger partial charge in [0.2, 0.25) is 0 Å². The Bertz CT molecular complexity index is 182. The highest BCUT2D eigenvalue weighted by molar-refractivity contribution is 4.91. The minimum atomic E-state index is 0.116. The molecule has 16 heavy (non-hydrogen) atoms. The van der Waals surface area contributed by atoms with Gasteiger partial charge in [0.05, 0.1) is 6.10 Å². The van der Waals surface area contributed by atoms with Gasteiger partial charge < -0.3 is 9.47 Å². The molecule has 0 spiro atoms. The number of unbranched alkanes of at least 4 members (excludes halogenated alkanes) is 1. The lowest BCUT2D eigenvalue weighted by Gasteiger charge is -2.35. The smallest absolute Gasteiger partial charge is 0.146 e. The maximum absolute atomic E-state index is 5.81. The Morgan fingerprint density at radius 3 is 2.31 bits per heavy atom. The number of methoxy groups -OCH3 is 1. The SMILES string of the molecule is C=C[C@@H](CCCC)[C@H](OCOC)C(C)(C)C. The molecular weight excluding hydrogens is 200 g/mol. The van der Waals surface area contributed by atoms with Crippen LogP contribution in [0.5, 0.6) is 0 Å². The first-order chi connectivity index (χ1) is 7.47. The highest BCUT2D eigenvalue weighted by Crippen LogP contribution is 2.31. The van der Waals surface area contributed by atoms with Crippen molar-refractivity contribution in [1.29, 1.82) is 0 Å². The predicted octanol–water partition coefficient (Wildman–Crippen LogP) is 4.01. The van der Waals surface area contributed by atoms with Crippen molar-refractivity contribution in [3.63, 3.8) is 0 Å². The second-order valence-electron chi connectivity index (χ2n) is 5.40. The van der Waals surface area contributed by atoms with Crippen molar-refractivity contribution in [3.8, 4) is 0 Å². The third-order valence-corrected chi connectivity index (χ3v) is 2.80. The van der Waals surface area contributed by atoms with E-state index in [2.05, 4.69) is 34.3 Å². The number of hydrogen-bond acceptors (Lipinski definition) is 2. The normalized spacial score (nSPS) is 15.8. The largest absolute Gasteiger partial charge is 0.359 e. The van der Waals surface area contributed by atoms with Crippen LogP contribution in [0.1, 0.15) is 47.0 Å². The molecule has 0 aromatic heterocycles. The van der Waals surface area contributed by atoms with Gasteiger partial charge in [0.15, 0.2) is 0 Å². The number of rotatable bonds is 8. The maximum atomic E-state index is 5.81. The van der Waals surface area contributed by atoms with E-state index in [4.69, 9.17) is 9.47 Å². The monoisotopic (exact) mass is 228 g/mol. The zero-order valence-corrected chi connectivity index (χ0v) is 11.6. The van der Waals surface area contributed by atoms with E-state index in [1.165, 1.54) is 12.8 Å². The highest BCUT2D eigenvalue weighted by Gasteiger charge is 2.31. The first-order valence-electron chi connectivity index (χ1n) is 6.20. The maximum Gasteiger partial charge on any atom is 0.146 e. The Kier molecular flexibility index (Phi) is 7.69. The van der Waals surface area contributed by atoms with Crippen LogP contribution in [0, 0.1) is 11.3 Å². The van der Waals surface area contributed by atoms with Crippen LogP contribution in [0.4, 0.5) is 0 Å². The van der Waals surface area contributed by atoms with E-state index in [0.717, 1.165) is 6.42 Å². The van der Waals surface area contributed by atoms with Gasteiger partial charge in [-0.2, -0.15) is 0 Å². The van der Waals surface area contributed by atoms with Gasteiger partial charge in [-0.25, -0.2) is 0 Å². The van der Waals surface area contributed by atoms with Crippen molar-refractivity contribution in [2.45, 2.75) is 53.1 Å². The summed E-state index contributed by atoms with van der Waals surface area (Å²) in [6, 6.07) is 0. The molecule has 0 unspecified atom stereocenters. The summed E-state index contributed by atoms with van der Waals surface area (Å²) in [5.41, 5.74) is 0.116. The van der Waals surface area contributed by atoms with Gasteiger partial charge in [-0.05, 0) is 11.8 Å². The van der Waals surface area contributed by atoms with Gasteiger partial charge in [-0.3, -0.25) is 0 Å². The second-order valence-corrected chi connectivity index (χ2v) is 5.40. The molecule has 0 aromatic carbocycles. The molecule has 0 aliphatic heterocycles. The molecule has 0 rings (SSSR count). The lowest BCUT2D eigenvalue weighted by molar-refractivity contribution is -0.123. The second kappa shape index (κ2) is 7.86. The molecular formula is C14H28O2. The number of hydrogen-bond donors (Lipinski definition) is 0. The van der Waals surface area contributed by atoms with Gasteiger partial charge in [-0.15, -0.1) is 6.58 Å². The van der Waals surface area contributed by atoms with Crippen molar-refractivity contribution in [2.24, 2.45) is 11.3 Å². The Balaban J connectivity index is 4.49. The average Bonchev–Trinajstić information content (AvgIpc) is 2.21. The van der Waals surface area contributed by atoms with E-state index >= 15 is 0 Å². The molecule has 0 bridgehead atoms. The van der Waals surface area contributed by atoms with Crippen LogP contribution in [0.3, 0.4) is 0 Å². The fourth-order valence-electron chi connectivity index (χ4n) is 1.99. The van der Waals surface area contributed by atoms with Crippen molar-refractivity contribution in [1.82, 2.24) is 0 Å². The van der Waals surface area contributed by atoms with E-state index in [9.17, 15) is 0 Å². The summed E-state index contributed by atoms with van der Waals surface area (Å²) < 4.78 is 10.8. The molecule has 0 aliphatic rings. The molecule has 0 fully saturated rings. The summed E-state index contributed by atoms with van der Waals surface area (Å²) in [6.45, 7) is 13.1. The van der Waals surface area contributed by atoms with Gasteiger partial charge in [-0.1, -0.05) is 46.6 Å². The summed E-state index contributed by atoms with van der Waals surface area (Å²) >= 11 is 0. The Hall–Kier alpha value is -0.340. The number of ether oxygens (including phenoxy) is 2. The Morgan fingerprint density at radius 1 is 1.31 bits per heavy atom. The van der Waals surface area contributed by atoms with E-state index in [-0.39, 0.29) is 11.5 Å². The topological polar surface area (TPSA) is 18.5 Å².